The van der Waals surface area contributed by atoms with Gasteiger partial charge in [-0.1, -0.05) is 35.9 Å². The van der Waals surface area contributed by atoms with Crippen LogP contribution in [0, 0.1) is 6.92 Å². The van der Waals surface area contributed by atoms with Crippen LogP contribution in [-0.4, -0.2) is 26.9 Å². The van der Waals surface area contributed by atoms with Crippen LogP contribution in [0.3, 0.4) is 0 Å². The summed E-state index contributed by atoms with van der Waals surface area (Å²) in [4.78, 5) is 19.1. The molecule has 0 saturated heterocycles. The zero-order chi connectivity index (χ0) is 20.7. The summed E-state index contributed by atoms with van der Waals surface area (Å²) in [6.07, 6.45) is 4.24. The molecule has 0 fully saturated rings. The summed E-state index contributed by atoms with van der Waals surface area (Å²) in [5.74, 6) is 0.0563. The Morgan fingerprint density at radius 3 is 2.60 bits per heavy atom. The molecule has 1 aliphatic heterocycles. The lowest BCUT2D eigenvalue weighted by atomic mass is 9.99. The fourth-order valence-electron chi connectivity index (χ4n) is 4.58. The predicted octanol–water partition coefficient (Wildman–Crippen LogP) is 5.23. The molecule has 5 rings (SSSR count). The number of hydrogen-bond acceptors (Lipinski definition) is 2. The zero-order valence-corrected chi connectivity index (χ0v) is 17.4. The van der Waals surface area contributed by atoms with Crippen LogP contribution in [0.15, 0.2) is 67.0 Å². The molecule has 0 atom stereocenters. The molecule has 3 heterocycles. The second-order valence-electron chi connectivity index (χ2n) is 7.99. The van der Waals surface area contributed by atoms with Gasteiger partial charge in [0.25, 0.3) is 5.91 Å². The quantitative estimate of drug-likeness (QED) is 0.476. The molecular formula is C26H25N3O. The summed E-state index contributed by atoms with van der Waals surface area (Å²) < 4.78 is 2.41. The standard InChI is InChI=1S/C26H25N3O/c1-3-29-24-11-10-20(19-8-6-18(2)7-9-19)15-22(24)23-17-28(14-12-25(23)29)26(30)21-5-4-13-27-16-21/h4-11,13,15-16H,3,12,14,17H2,1-2H3. The molecule has 4 aromatic rings. The number of hydrogen-bond donors (Lipinski definition) is 0. The van der Waals surface area contributed by atoms with Gasteiger partial charge in [-0.2, -0.15) is 0 Å². The van der Waals surface area contributed by atoms with E-state index in [0.717, 1.165) is 19.5 Å². The van der Waals surface area contributed by atoms with Crippen LogP contribution in [-0.2, 0) is 19.5 Å². The number of nitrogens with zero attached hydrogens (tertiary/aromatic N) is 3. The molecular weight excluding hydrogens is 370 g/mol. The van der Waals surface area contributed by atoms with Gasteiger partial charge in [0.1, 0.15) is 0 Å². The first-order valence-electron chi connectivity index (χ1n) is 10.6. The maximum absolute atomic E-state index is 13.0. The Morgan fingerprint density at radius 1 is 1.07 bits per heavy atom. The van der Waals surface area contributed by atoms with E-state index in [0.29, 0.717) is 12.1 Å². The molecule has 30 heavy (non-hydrogen) atoms. The SMILES string of the molecule is CCn1c2c(c3cc(-c4ccc(C)cc4)ccc31)CN(C(=O)c1cccnc1)CC2. The molecule has 0 N–H and O–H groups in total. The van der Waals surface area contributed by atoms with Crippen molar-refractivity contribution in [3.05, 3.63) is 89.4 Å². The summed E-state index contributed by atoms with van der Waals surface area (Å²) in [5.41, 5.74) is 8.26. The minimum absolute atomic E-state index is 0.0563. The van der Waals surface area contributed by atoms with Crippen molar-refractivity contribution in [2.75, 3.05) is 6.54 Å². The lowest BCUT2D eigenvalue weighted by Gasteiger charge is -2.28. The molecule has 0 unspecified atom stereocenters. The molecule has 0 saturated carbocycles. The lowest BCUT2D eigenvalue weighted by molar-refractivity contribution is 0.0733. The van der Waals surface area contributed by atoms with E-state index >= 15 is 0 Å². The van der Waals surface area contributed by atoms with Crippen LogP contribution in [0.4, 0.5) is 0 Å². The number of carbonyl (C=O) groups excluding carboxylic acids is 1. The van der Waals surface area contributed by atoms with E-state index in [4.69, 9.17) is 0 Å². The third kappa shape index (κ3) is 3.09. The van der Waals surface area contributed by atoms with E-state index in [2.05, 4.69) is 65.9 Å². The van der Waals surface area contributed by atoms with E-state index in [1.54, 1.807) is 12.4 Å². The fourth-order valence-corrected chi connectivity index (χ4v) is 4.58. The summed E-state index contributed by atoms with van der Waals surface area (Å²) >= 11 is 0. The highest BCUT2D eigenvalue weighted by atomic mass is 16.2. The first-order valence-corrected chi connectivity index (χ1v) is 10.6. The Labute approximate surface area is 176 Å². The third-order valence-corrected chi connectivity index (χ3v) is 6.15. The number of rotatable bonds is 3. The zero-order valence-electron chi connectivity index (χ0n) is 17.4. The molecule has 150 valence electrons. The van der Waals surface area contributed by atoms with Gasteiger partial charge in [-0.3, -0.25) is 9.78 Å². The van der Waals surface area contributed by atoms with Crippen LogP contribution in [0.2, 0.25) is 0 Å². The molecule has 0 spiro atoms. The fraction of sp³-hybridized carbons (Fsp3) is 0.231. The van der Waals surface area contributed by atoms with Crippen LogP contribution in [0.25, 0.3) is 22.0 Å². The normalized spacial score (nSPS) is 13.5. The molecule has 1 amide bonds. The van der Waals surface area contributed by atoms with Gasteiger partial charge in [0, 0.05) is 60.6 Å². The van der Waals surface area contributed by atoms with Crippen molar-refractivity contribution in [1.82, 2.24) is 14.5 Å². The van der Waals surface area contributed by atoms with Gasteiger partial charge < -0.3 is 9.47 Å². The van der Waals surface area contributed by atoms with Crippen molar-refractivity contribution >= 4 is 16.8 Å². The molecule has 0 aliphatic carbocycles. The minimum Gasteiger partial charge on any atom is -0.344 e. The Balaban J connectivity index is 1.58. The highest BCUT2D eigenvalue weighted by Gasteiger charge is 2.27. The van der Waals surface area contributed by atoms with Crippen molar-refractivity contribution in [3.8, 4) is 11.1 Å². The Morgan fingerprint density at radius 2 is 1.87 bits per heavy atom. The molecule has 2 aromatic heterocycles. The molecule has 0 bridgehead atoms. The lowest BCUT2D eigenvalue weighted by Crippen LogP contribution is -2.36. The second kappa shape index (κ2) is 7.45. The molecule has 1 aliphatic rings. The van der Waals surface area contributed by atoms with Crippen molar-refractivity contribution in [2.24, 2.45) is 0 Å². The highest BCUT2D eigenvalue weighted by Crippen LogP contribution is 2.34. The monoisotopic (exact) mass is 395 g/mol. The smallest absolute Gasteiger partial charge is 0.255 e. The number of aromatic nitrogens is 2. The number of fused-ring (bicyclic) bond motifs is 3. The molecule has 4 heteroatoms. The number of aryl methyl sites for hydroxylation is 2. The van der Waals surface area contributed by atoms with Crippen LogP contribution in [0.5, 0.6) is 0 Å². The summed E-state index contributed by atoms with van der Waals surface area (Å²) in [6.45, 7) is 6.62. The Bertz CT molecular complexity index is 1220. The van der Waals surface area contributed by atoms with Crippen molar-refractivity contribution in [2.45, 2.75) is 33.4 Å². The van der Waals surface area contributed by atoms with E-state index in [-0.39, 0.29) is 5.91 Å². The number of benzene rings is 2. The second-order valence-corrected chi connectivity index (χ2v) is 7.99. The first-order chi connectivity index (χ1) is 14.7. The maximum atomic E-state index is 13.0. The van der Waals surface area contributed by atoms with Gasteiger partial charge in [-0.25, -0.2) is 0 Å². The molecule has 4 nitrogen and oxygen atoms in total. The van der Waals surface area contributed by atoms with Gasteiger partial charge in [-0.05, 0) is 49.2 Å². The highest BCUT2D eigenvalue weighted by molar-refractivity contribution is 5.95. The minimum atomic E-state index is 0.0563. The van der Waals surface area contributed by atoms with Crippen molar-refractivity contribution < 1.29 is 4.79 Å². The predicted molar refractivity (Wildman–Crippen MR) is 120 cm³/mol. The van der Waals surface area contributed by atoms with Crippen LogP contribution in [0.1, 0.15) is 34.1 Å². The number of carbonyl (C=O) groups is 1. The Hall–Kier alpha value is -3.40. The van der Waals surface area contributed by atoms with E-state index in [1.807, 2.05) is 17.0 Å². The maximum Gasteiger partial charge on any atom is 0.255 e. The Kier molecular flexibility index (Phi) is 4.62. The summed E-state index contributed by atoms with van der Waals surface area (Å²) in [5, 5.41) is 1.26. The van der Waals surface area contributed by atoms with Crippen LogP contribution >= 0.6 is 0 Å². The summed E-state index contributed by atoms with van der Waals surface area (Å²) in [7, 11) is 0. The van der Waals surface area contributed by atoms with Gasteiger partial charge >= 0.3 is 0 Å². The van der Waals surface area contributed by atoms with Crippen molar-refractivity contribution in [3.63, 3.8) is 0 Å². The average Bonchev–Trinajstić information content (AvgIpc) is 3.12. The van der Waals surface area contributed by atoms with E-state index in [1.165, 1.54) is 38.9 Å². The van der Waals surface area contributed by atoms with E-state index < -0.39 is 0 Å². The van der Waals surface area contributed by atoms with Gasteiger partial charge in [0.05, 0.1) is 5.56 Å². The average molecular weight is 396 g/mol. The first kappa shape index (κ1) is 18.6. The largest absolute Gasteiger partial charge is 0.344 e. The van der Waals surface area contributed by atoms with E-state index in [9.17, 15) is 4.79 Å². The van der Waals surface area contributed by atoms with Crippen molar-refractivity contribution in [1.29, 1.82) is 0 Å². The molecule has 0 radical (unpaired) electrons. The number of amides is 1. The van der Waals surface area contributed by atoms with Crippen LogP contribution < -0.4 is 0 Å². The molecule has 2 aromatic carbocycles. The van der Waals surface area contributed by atoms with Gasteiger partial charge in [0.2, 0.25) is 0 Å². The topological polar surface area (TPSA) is 38.1 Å². The third-order valence-electron chi connectivity index (χ3n) is 6.15. The number of pyridine rings is 1. The van der Waals surface area contributed by atoms with Gasteiger partial charge in [-0.15, -0.1) is 0 Å². The summed E-state index contributed by atoms with van der Waals surface area (Å²) in [6, 6.07) is 19.1. The van der Waals surface area contributed by atoms with Gasteiger partial charge in [0.15, 0.2) is 0 Å².